The van der Waals surface area contributed by atoms with E-state index in [9.17, 15) is 18.3 Å². The van der Waals surface area contributed by atoms with Crippen LogP contribution in [0.3, 0.4) is 0 Å². The molecule has 6 heteroatoms. The molecule has 0 radical (unpaired) electrons. The highest BCUT2D eigenvalue weighted by Crippen LogP contribution is 2.29. The second-order valence-electron chi connectivity index (χ2n) is 4.34. The molecule has 1 aromatic carbocycles. The molecule has 0 aliphatic heterocycles. The van der Waals surface area contributed by atoms with Crippen LogP contribution >= 0.6 is 0 Å². The molecule has 2 rings (SSSR count). The minimum atomic E-state index is -4.32. The number of nitrogens with zero attached hydrogens (tertiary/aromatic N) is 2. The number of alkyl halides is 3. The zero-order valence-electron chi connectivity index (χ0n) is 10.2. The number of hydrogen-bond acceptors (Lipinski definition) is 2. The van der Waals surface area contributed by atoms with Crippen molar-refractivity contribution >= 4 is 0 Å². The van der Waals surface area contributed by atoms with E-state index in [2.05, 4.69) is 5.10 Å². The van der Waals surface area contributed by atoms with E-state index in [4.69, 9.17) is 0 Å². The van der Waals surface area contributed by atoms with E-state index >= 15 is 0 Å². The highest BCUT2D eigenvalue weighted by Gasteiger charge is 2.29. The van der Waals surface area contributed by atoms with Crippen LogP contribution in [-0.2, 0) is 12.7 Å². The summed E-state index contributed by atoms with van der Waals surface area (Å²) >= 11 is 0. The molecule has 3 nitrogen and oxygen atoms in total. The Labute approximate surface area is 108 Å². The summed E-state index contributed by atoms with van der Waals surface area (Å²) in [6, 6.07) is 4.95. The lowest BCUT2D eigenvalue weighted by Gasteiger charge is -2.07. The molecule has 0 aliphatic rings. The van der Waals surface area contributed by atoms with Crippen molar-refractivity contribution in [1.29, 1.82) is 0 Å². The fourth-order valence-corrected chi connectivity index (χ4v) is 1.67. The second kappa shape index (κ2) is 5.05. The fourth-order valence-electron chi connectivity index (χ4n) is 1.67. The first-order valence-electron chi connectivity index (χ1n) is 5.73. The molecule has 1 atom stereocenters. The second-order valence-corrected chi connectivity index (χ2v) is 4.34. The van der Waals surface area contributed by atoms with Gasteiger partial charge >= 0.3 is 6.18 Å². The van der Waals surface area contributed by atoms with Crippen LogP contribution in [0, 0.1) is 0 Å². The maximum atomic E-state index is 12.4. The van der Waals surface area contributed by atoms with Gasteiger partial charge in [0.05, 0.1) is 24.4 Å². The van der Waals surface area contributed by atoms with Gasteiger partial charge in [-0.15, -0.1) is 0 Å². The Bertz CT molecular complexity index is 544. The van der Waals surface area contributed by atoms with Crippen LogP contribution in [0.4, 0.5) is 13.2 Å². The molecule has 19 heavy (non-hydrogen) atoms. The predicted molar refractivity (Wildman–Crippen MR) is 63.4 cm³/mol. The normalized spacial score (nSPS) is 13.5. The van der Waals surface area contributed by atoms with Gasteiger partial charge in [-0.25, -0.2) is 0 Å². The molecule has 0 fully saturated rings. The first kappa shape index (κ1) is 13.6. The summed E-state index contributed by atoms with van der Waals surface area (Å²) in [6.07, 6.45) is -1.72. The molecule has 102 valence electrons. The molecule has 1 heterocycles. The average Bonchev–Trinajstić information content (AvgIpc) is 2.77. The van der Waals surface area contributed by atoms with Crippen LogP contribution in [0.5, 0.6) is 0 Å². The number of benzene rings is 1. The van der Waals surface area contributed by atoms with Gasteiger partial charge in [0, 0.05) is 11.8 Å². The van der Waals surface area contributed by atoms with E-state index in [-0.39, 0.29) is 0 Å². The molecule has 0 amide bonds. The molecule has 0 spiro atoms. The summed E-state index contributed by atoms with van der Waals surface area (Å²) in [5.74, 6) is 0. The van der Waals surface area contributed by atoms with E-state index in [1.165, 1.54) is 18.3 Å². The topological polar surface area (TPSA) is 38.1 Å². The summed E-state index contributed by atoms with van der Waals surface area (Å²) in [5, 5.41) is 13.4. The van der Waals surface area contributed by atoms with Crippen LogP contribution in [0.15, 0.2) is 36.7 Å². The number of aliphatic hydroxyl groups excluding tert-OH is 1. The van der Waals surface area contributed by atoms with Gasteiger partial charge in [-0.05, 0) is 24.6 Å². The Morgan fingerprint density at radius 3 is 2.37 bits per heavy atom. The van der Waals surface area contributed by atoms with Crippen molar-refractivity contribution in [2.24, 2.45) is 0 Å². The molecule has 2 aromatic rings. The smallest absolute Gasteiger partial charge is 0.389 e. The van der Waals surface area contributed by atoms with Crippen LogP contribution in [0.2, 0.25) is 0 Å². The van der Waals surface area contributed by atoms with Crippen LogP contribution in [-0.4, -0.2) is 14.9 Å². The van der Waals surface area contributed by atoms with Crippen LogP contribution in [0.25, 0.3) is 0 Å². The Balaban J connectivity index is 2.11. The molecule has 0 bridgehead atoms. The molecule has 1 aromatic heterocycles. The molecule has 0 saturated heterocycles. The fraction of sp³-hybridized carbons (Fsp3) is 0.308. The van der Waals surface area contributed by atoms with Crippen molar-refractivity contribution in [3.63, 3.8) is 0 Å². The molecule has 0 saturated carbocycles. The van der Waals surface area contributed by atoms with Gasteiger partial charge in [0.1, 0.15) is 0 Å². The average molecular weight is 270 g/mol. The summed E-state index contributed by atoms with van der Waals surface area (Å²) in [7, 11) is 0. The molecular weight excluding hydrogens is 257 g/mol. The molecule has 1 unspecified atom stereocenters. The summed E-state index contributed by atoms with van der Waals surface area (Å²) < 4.78 is 38.8. The largest absolute Gasteiger partial charge is 0.416 e. The van der Waals surface area contributed by atoms with E-state index in [0.717, 1.165) is 12.1 Å². The number of rotatable bonds is 3. The molecule has 0 aliphatic carbocycles. The van der Waals surface area contributed by atoms with Crippen LogP contribution < -0.4 is 0 Å². The first-order valence-corrected chi connectivity index (χ1v) is 5.73. The van der Waals surface area contributed by atoms with Gasteiger partial charge in [-0.1, -0.05) is 12.1 Å². The number of aliphatic hydroxyl groups is 1. The van der Waals surface area contributed by atoms with Crippen molar-refractivity contribution in [2.45, 2.75) is 25.7 Å². The van der Waals surface area contributed by atoms with Crippen molar-refractivity contribution in [1.82, 2.24) is 9.78 Å². The van der Waals surface area contributed by atoms with Gasteiger partial charge in [-0.3, -0.25) is 4.68 Å². The van der Waals surface area contributed by atoms with Gasteiger partial charge in [-0.2, -0.15) is 18.3 Å². The van der Waals surface area contributed by atoms with Gasteiger partial charge < -0.3 is 5.11 Å². The number of aromatic nitrogens is 2. The predicted octanol–water partition coefficient (Wildman–Crippen LogP) is 3.00. The third kappa shape index (κ3) is 3.35. The van der Waals surface area contributed by atoms with Crippen molar-refractivity contribution in [3.8, 4) is 0 Å². The standard InChI is InChI=1S/C13H13F3N2O/c1-9(19)11-6-17-18(8-11)7-10-2-4-12(5-3-10)13(14,15)16/h2-6,8-9,19H,7H2,1H3. The Kier molecular flexibility index (Phi) is 3.61. The Hall–Kier alpha value is -1.82. The lowest BCUT2D eigenvalue weighted by Crippen LogP contribution is -2.05. The monoisotopic (exact) mass is 270 g/mol. The summed E-state index contributed by atoms with van der Waals surface area (Å²) in [5.41, 5.74) is 0.724. The van der Waals surface area contributed by atoms with Crippen molar-refractivity contribution < 1.29 is 18.3 Å². The van der Waals surface area contributed by atoms with Gasteiger partial charge in [0.15, 0.2) is 0 Å². The third-order valence-corrected chi connectivity index (χ3v) is 2.76. The van der Waals surface area contributed by atoms with E-state index in [0.29, 0.717) is 17.7 Å². The highest BCUT2D eigenvalue weighted by atomic mass is 19.4. The van der Waals surface area contributed by atoms with Crippen LogP contribution in [0.1, 0.15) is 29.7 Å². The van der Waals surface area contributed by atoms with Crippen molar-refractivity contribution in [2.75, 3.05) is 0 Å². The Morgan fingerprint density at radius 1 is 1.26 bits per heavy atom. The lowest BCUT2D eigenvalue weighted by atomic mass is 10.1. The maximum absolute atomic E-state index is 12.4. The zero-order valence-corrected chi connectivity index (χ0v) is 10.2. The summed E-state index contributed by atoms with van der Waals surface area (Å²) in [6.45, 7) is 1.99. The van der Waals surface area contributed by atoms with E-state index < -0.39 is 17.8 Å². The third-order valence-electron chi connectivity index (χ3n) is 2.76. The summed E-state index contributed by atoms with van der Waals surface area (Å²) in [4.78, 5) is 0. The number of halogens is 3. The molecule has 1 N–H and O–H groups in total. The lowest BCUT2D eigenvalue weighted by molar-refractivity contribution is -0.137. The zero-order chi connectivity index (χ0) is 14.0. The van der Waals surface area contributed by atoms with Gasteiger partial charge in [0.25, 0.3) is 0 Å². The van der Waals surface area contributed by atoms with E-state index in [1.54, 1.807) is 17.8 Å². The maximum Gasteiger partial charge on any atom is 0.416 e. The van der Waals surface area contributed by atoms with Gasteiger partial charge in [0.2, 0.25) is 0 Å². The van der Waals surface area contributed by atoms with Crippen molar-refractivity contribution in [3.05, 3.63) is 53.3 Å². The SMILES string of the molecule is CC(O)c1cnn(Cc2ccc(C(F)(F)F)cc2)c1. The Morgan fingerprint density at radius 2 is 1.89 bits per heavy atom. The molecular formula is C13H13F3N2O. The number of hydrogen-bond donors (Lipinski definition) is 1. The minimum absolute atomic E-state index is 0.366. The highest BCUT2D eigenvalue weighted by molar-refractivity contribution is 5.24. The quantitative estimate of drug-likeness (QED) is 0.931. The minimum Gasteiger partial charge on any atom is -0.389 e. The van der Waals surface area contributed by atoms with E-state index in [1.807, 2.05) is 0 Å². The first-order chi connectivity index (χ1) is 8.86.